The third-order valence-corrected chi connectivity index (χ3v) is 9.93. The molecule has 1 saturated heterocycles. The van der Waals surface area contributed by atoms with Crippen LogP contribution in [0, 0.1) is 25.7 Å². The molecule has 43 heavy (non-hydrogen) atoms. The number of hydrazine groups is 1. The molecule has 3 aliphatic carbocycles. The van der Waals surface area contributed by atoms with Crippen LogP contribution in [0.2, 0.25) is 10.0 Å². The minimum atomic E-state index is -0.705. The molecule has 1 heterocycles. The first kappa shape index (κ1) is 27.6. The number of carbonyl (C=O) groups is 4. The van der Waals surface area contributed by atoms with Gasteiger partial charge in [0.15, 0.2) is 5.78 Å². The Morgan fingerprint density at radius 1 is 0.674 bits per heavy atom. The lowest BCUT2D eigenvalue weighted by Crippen LogP contribution is -2.52. The average molecular weight is 610 g/mol. The van der Waals surface area contributed by atoms with E-state index in [4.69, 9.17) is 23.2 Å². The highest BCUT2D eigenvalue weighted by molar-refractivity contribution is 6.42. The van der Waals surface area contributed by atoms with Crippen LogP contribution in [0.15, 0.2) is 84.9 Å². The standard InChI is InChI=1S/C35H26Cl2N2O4/c1-18-11-12-20(15-19(18)2)28(40)17-38(33(41)21-13-14-26(36)27(37)16-21)39-34(42)31-29-22-7-3-4-8-23(22)30(32(31)35(39)43)25-10-6-5-9-24(25)29/h3-16,29-32H,17H2,1-2H3/t29?,30?,31-,32+. The Balaban J connectivity index is 1.33. The van der Waals surface area contributed by atoms with Crippen LogP contribution in [0.1, 0.15) is 65.9 Å². The number of Topliss-reactive ketones (excluding diaryl/α,β-unsaturated/α-hetero) is 1. The highest BCUT2D eigenvalue weighted by atomic mass is 35.5. The van der Waals surface area contributed by atoms with Gasteiger partial charge in [0.05, 0.1) is 21.9 Å². The quantitative estimate of drug-likeness (QED) is 0.186. The number of hydrogen-bond donors (Lipinski definition) is 0. The molecule has 1 fully saturated rings. The van der Waals surface area contributed by atoms with Crippen LogP contribution in [0.5, 0.6) is 0 Å². The number of aryl methyl sites for hydroxylation is 2. The number of rotatable bonds is 5. The van der Waals surface area contributed by atoms with Gasteiger partial charge in [0.25, 0.3) is 17.7 Å². The summed E-state index contributed by atoms with van der Waals surface area (Å²) in [5, 5.41) is 2.32. The molecular formula is C35H26Cl2N2O4. The van der Waals surface area contributed by atoms with E-state index in [9.17, 15) is 19.2 Å². The maximum atomic E-state index is 14.4. The van der Waals surface area contributed by atoms with Crippen LogP contribution in [-0.4, -0.2) is 40.1 Å². The summed E-state index contributed by atoms with van der Waals surface area (Å²) in [6, 6.07) is 25.4. The van der Waals surface area contributed by atoms with E-state index in [1.54, 1.807) is 12.1 Å². The molecule has 4 aromatic carbocycles. The van der Waals surface area contributed by atoms with Gasteiger partial charge < -0.3 is 0 Å². The van der Waals surface area contributed by atoms with Crippen molar-refractivity contribution in [3.05, 3.63) is 139 Å². The molecule has 0 spiro atoms. The first-order valence-corrected chi connectivity index (χ1v) is 14.9. The normalized spacial score (nSPS) is 21.3. The molecule has 6 nitrogen and oxygen atoms in total. The molecule has 8 heteroatoms. The predicted molar refractivity (Wildman–Crippen MR) is 163 cm³/mol. The molecule has 0 radical (unpaired) electrons. The molecule has 0 unspecified atom stereocenters. The van der Waals surface area contributed by atoms with Crippen molar-refractivity contribution >= 4 is 46.7 Å². The molecule has 0 N–H and O–H groups in total. The van der Waals surface area contributed by atoms with Crippen LogP contribution in [0.25, 0.3) is 0 Å². The Morgan fingerprint density at radius 3 is 1.67 bits per heavy atom. The maximum absolute atomic E-state index is 14.4. The molecule has 4 aromatic rings. The molecule has 4 aliphatic rings. The number of ketones is 1. The zero-order valence-corrected chi connectivity index (χ0v) is 24.9. The summed E-state index contributed by atoms with van der Waals surface area (Å²) >= 11 is 12.4. The van der Waals surface area contributed by atoms with E-state index in [0.717, 1.165) is 43.4 Å². The highest BCUT2D eigenvalue weighted by Gasteiger charge is 2.63. The molecule has 0 aromatic heterocycles. The van der Waals surface area contributed by atoms with E-state index in [0.29, 0.717) is 5.56 Å². The molecular weight excluding hydrogens is 583 g/mol. The summed E-state index contributed by atoms with van der Waals surface area (Å²) in [4.78, 5) is 56.6. The first-order valence-electron chi connectivity index (χ1n) is 14.1. The topological polar surface area (TPSA) is 74.8 Å². The number of amides is 3. The smallest absolute Gasteiger partial charge is 0.273 e. The maximum Gasteiger partial charge on any atom is 0.273 e. The van der Waals surface area contributed by atoms with Crippen molar-refractivity contribution in [1.29, 1.82) is 0 Å². The van der Waals surface area contributed by atoms with Gasteiger partial charge in [0.2, 0.25) is 0 Å². The summed E-state index contributed by atoms with van der Waals surface area (Å²) in [6.07, 6.45) is 0. The molecule has 1 aliphatic heterocycles. The molecule has 8 rings (SSSR count). The first-order chi connectivity index (χ1) is 20.7. The summed E-state index contributed by atoms with van der Waals surface area (Å²) < 4.78 is 0. The molecule has 3 amide bonds. The van der Waals surface area contributed by atoms with Gasteiger partial charge in [0, 0.05) is 23.0 Å². The number of benzene rings is 4. The third kappa shape index (κ3) is 4.15. The van der Waals surface area contributed by atoms with E-state index in [1.165, 1.54) is 18.2 Å². The summed E-state index contributed by atoms with van der Waals surface area (Å²) in [5.74, 6) is -4.18. The Hall–Kier alpha value is -4.26. The second-order valence-electron chi connectivity index (χ2n) is 11.5. The van der Waals surface area contributed by atoms with Gasteiger partial charge >= 0.3 is 0 Å². The lowest BCUT2D eigenvalue weighted by atomic mass is 9.55. The second kappa shape index (κ2) is 10.2. The Morgan fingerprint density at radius 2 is 1.19 bits per heavy atom. The van der Waals surface area contributed by atoms with Gasteiger partial charge in [-0.05, 0) is 71.5 Å². The van der Waals surface area contributed by atoms with Gasteiger partial charge in [0.1, 0.15) is 6.54 Å². The number of hydrogen-bond acceptors (Lipinski definition) is 4. The Kier molecular flexibility index (Phi) is 6.53. The van der Waals surface area contributed by atoms with Crippen LogP contribution in [0.3, 0.4) is 0 Å². The van der Waals surface area contributed by atoms with Gasteiger partial charge in [-0.3, -0.25) is 19.2 Å². The molecule has 0 saturated carbocycles. The number of imide groups is 1. The molecule has 2 atom stereocenters. The third-order valence-electron chi connectivity index (χ3n) is 9.19. The minimum Gasteiger partial charge on any atom is -0.292 e. The monoisotopic (exact) mass is 608 g/mol. The van der Waals surface area contributed by atoms with Crippen molar-refractivity contribution in [3.63, 3.8) is 0 Å². The highest BCUT2D eigenvalue weighted by Crippen LogP contribution is 2.61. The lowest BCUT2D eigenvalue weighted by molar-refractivity contribution is -0.154. The van der Waals surface area contributed by atoms with Crippen LogP contribution in [-0.2, 0) is 9.59 Å². The van der Waals surface area contributed by atoms with Crippen molar-refractivity contribution in [2.75, 3.05) is 6.54 Å². The molecule has 2 bridgehead atoms. The van der Waals surface area contributed by atoms with E-state index < -0.39 is 41.9 Å². The van der Waals surface area contributed by atoms with Crippen LogP contribution in [0.4, 0.5) is 0 Å². The summed E-state index contributed by atoms with van der Waals surface area (Å²) in [7, 11) is 0. The number of carbonyl (C=O) groups excluding carboxylic acids is 4. The second-order valence-corrected chi connectivity index (χ2v) is 12.3. The lowest BCUT2D eigenvalue weighted by Gasteiger charge is -2.45. The van der Waals surface area contributed by atoms with Crippen LogP contribution >= 0.6 is 23.2 Å². The van der Waals surface area contributed by atoms with E-state index in [-0.39, 0.29) is 27.4 Å². The van der Waals surface area contributed by atoms with Gasteiger partial charge in [-0.2, -0.15) is 5.01 Å². The van der Waals surface area contributed by atoms with Crippen molar-refractivity contribution in [3.8, 4) is 0 Å². The van der Waals surface area contributed by atoms with Crippen molar-refractivity contribution in [1.82, 2.24) is 10.0 Å². The largest absolute Gasteiger partial charge is 0.292 e. The van der Waals surface area contributed by atoms with Crippen LogP contribution < -0.4 is 0 Å². The fourth-order valence-corrected chi connectivity index (χ4v) is 7.35. The van der Waals surface area contributed by atoms with Gasteiger partial charge in [-0.15, -0.1) is 0 Å². The number of nitrogens with zero attached hydrogens (tertiary/aromatic N) is 2. The zero-order chi connectivity index (χ0) is 30.2. The van der Waals surface area contributed by atoms with E-state index in [1.807, 2.05) is 68.4 Å². The fraction of sp³-hybridized carbons (Fsp3) is 0.200. The summed E-state index contributed by atoms with van der Waals surface area (Å²) in [5.41, 5.74) is 6.49. The zero-order valence-electron chi connectivity index (χ0n) is 23.4. The number of halogens is 2. The predicted octanol–water partition coefficient (Wildman–Crippen LogP) is 6.74. The van der Waals surface area contributed by atoms with Crippen molar-refractivity contribution < 1.29 is 19.2 Å². The fourth-order valence-electron chi connectivity index (χ4n) is 7.05. The molecule has 214 valence electrons. The van der Waals surface area contributed by atoms with Crippen molar-refractivity contribution in [2.24, 2.45) is 11.8 Å². The van der Waals surface area contributed by atoms with E-state index >= 15 is 0 Å². The van der Waals surface area contributed by atoms with E-state index in [2.05, 4.69) is 0 Å². The SMILES string of the molecule is Cc1ccc(C(=O)CN(C(=O)c2ccc(Cl)c(Cl)c2)N2C(=O)[C@@H]3C4c5ccccc5C(c5ccccc54)[C@@H]3C2=O)cc1C. The van der Waals surface area contributed by atoms with Gasteiger partial charge in [-0.25, -0.2) is 5.01 Å². The Bertz CT molecular complexity index is 1770. The summed E-state index contributed by atoms with van der Waals surface area (Å²) in [6.45, 7) is 3.33. The Labute approximate surface area is 258 Å². The van der Waals surface area contributed by atoms with Crippen molar-refractivity contribution in [2.45, 2.75) is 25.7 Å². The van der Waals surface area contributed by atoms with Gasteiger partial charge in [-0.1, -0.05) is 83.9 Å². The average Bonchev–Trinajstić information content (AvgIpc) is 3.28. The minimum absolute atomic E-state index is 0.104.